The van der Waals surface area contributed by atoms with E-state index in [1.54, 1.807) is 0 Å². The van der Waals surface area contributed by atoms with Gasteiger partial charge in [-0.05, 0) is 89.9 Å². The molecule has 0 spiro atoms. The molecule has 0 aliphatic carbocycles. The van der Waals surface area contributed by atoms with Crippen molar-refractivity contribution in [3.63, 3.8) is 0 Å². The van der Waals surface area contributed by atoms with Crippen LogP contribution in [0.25, 0.3) is 0 Å². The number of esters is 3. The van der Waals surface area contributed by atoms with Crippen LogP contribution >= 0.6 is 0 Å². The Kier molecular flexibility index (Phi) is 44.7. The molecule has 6 nitrogen and oxygen atoms in total. The molecule has 0 aliphatic rings. The molecular formula is C55H84O6. The lowest BCUT2D eigenvalue weighted by Gasteiger charge is -2.18. The molecule has 0 amide bonds. The lowest BCUT2D eigenvalue weighted by molar-refractivity contribution is -0.167. The fraction of sp³-hybridized carbons (Fsp3) is 0.545. The summed E-state index contributed by atoms with van der Waals surface area (Å²) in [7, 11) is 0. The Bertz CT molecular complexity index is 1380. The fourth-order valence-electron chi connectivity index (χ4n) is 5.77. The first-order chi connectivity index (χ1) is 30.0. The van der Waals surface area contributed by atoms with Crippen molar-refractivity contribution in [2.45, 2.75) is 181 Å². The standard InChI is InChI=1S/C55H84O6/c1-4-7-10-13-16-19-22-24-26-27-28-29-30-32-33-36-39-42-45-48-54(57)60-51-52(50-59-53(56)47-44-41-38-35-21-18-15-12-9-6-3)61-55(58)49-46-43-40-37-34-31-25-23-20-17-14-11-8-5-2/h7-8,10-11,13,15-20,22,24-33,52H,4-6,9,12,14,21,23,34-51H2,1-3H3/b10-7-,11-8-,16-13-,18-15-,20-17-,22-19-,26-24-,28-27+,30-29-,31-25-,33-32-. The number of hydrogen-bond donors (Lipinski definition) is 0. The highest BCUT2D eigenvalue weighted by Gasteiger charge is 2.19. The minimum absolute atomic E-state index is 0.114. The highest BCUT2D eigenvalue weighted by Crippen LogP contribution is 2.12. The maximum absolute atomic E-state index is 12.7. The number of hydrogen-bond acceptors (Lipinski definition) is 6. The van der Waals surface area contributed by atoms with Crippen LogP contribution in [0.15, 0.2) is 134 Å². The van der Waals surface area contributed by atoms with Crippen molar-refractivity contribution < 1.29 is 28.6 Å². The van der Waals surface area contributed by atoms with Crippen molar-refractivity contribution in [1.82, 2.24) is 0 Å². The largest absolute Gasteiger partial charge is 0.462 e. The summed E-state index contributed by atoms with van der Waals surface area (Å²) in [6.45, 7) is 6.23. The predicted octanol–water partition coefficient (Wildman–Crippen LogP) is 15.5. The highest BCUT2D eigenvalue weighted by atomic mass is 16.6. The lowest BCUT2D eigenvalue weighted by Crippen LogP contribution is -2.30. The maximum Gasteiger partial charge on any atom is 0.306 e. The van der Waals surface area contributed by atoms with E-state index in [4.69, 9.17) is 14.2 Å². The van der Waals surface area contributed by atoms with Gasteiger partial charge < -0.3 is 14.2 Å². The van der Waals surface area contributed by atoms with E-state index in [1.807, 2.05) is 72.9 Å². The van der Waals surface area contributed by atoms with Gasteiger partial charge in [-0.15, -0.1) is 0 Å². The van der Waals surface area contributed by atoms with E-state index in [0.29, 0.717) is 12.8 Å². The van der Waals surface area contributed by atoms with Gasteiger partial charge in [0.15, 0.2) is 6.10 Å². The van der Waals surface area contributed by atoms with E-state index in [-0.39, 0.29) is 37.5 Å². The van der Waals surface area contributed by atoms with Crippen LogP contribution < -0.4 is 0 Å². The number of allylic oxidation sites excluding steroid dienone is 22. The van der Waals surface area contributed by atoms with Gasteiger partial charge in [-0.3, -0.25) is 14.4 Å². The van der Waals surface area contributed by atoms with Gasteiger partial charge in [0.1, 0.15) is 13.2 Å². The fourth-order valence-corrected chi connectivity index (χ4v) is 5.77. The summed E-state index contributed by atoms with van der Waals surface area (Å²) in [5, 5.41) is 0. The molecule has 1 unspecified atom stereocenters. The number of ether oxygens (including phenoxy) is 3. The van der Waals surface area contributed by atoms with Crippen molar-refractivity contribution in [3.8, 4) is 0 Å². The Balaban J connectivity index is 4.55. The third-order valence-corrected chi connectivity index (χ3v) is 9.31. The SMILES string of the molecule is CC\C=C/C=C\C=C/C=C\C=C\C=C/C=C\CCCCCC(=O)OCC(COC(=O)CCCCCC/C=C\CCCC)OC(=O)CCCCCC/C=C\C/C=C\C/C=C\CC. The number of carbonyl (C=O) groups is 3. The van der Waals surface area contributed by atoms with E-state index >= 15 is 0 Å². The monoisotopic (exact) mass is 841 g/mol. The third-order valence-electron chi connectivity index (χ3n) is 9.31. The molecule has 0 saturated heterocycles. The first-order valence-electron chi connectivity index (χ1n) is 23.8. The summed E-state index contributed by atoms with van der Waals surface area (Å²) < 4.78 is 16.7. The van der Waals surface area contributed by atoms with Gasteiger partial charge in [-0.25, -0.2) is 0 Å². The topological polar surface area (TPSA) is 78.9 Å². The van der Waals surface area contributed by atoms with Crippen molar-refractivity contribution >= 4 is 17.9 Å². The molecule has 0 aliphatic heterocycles. The van der Waals surface area contributed by atoms with E-state index in [9.17, 15) is 14.4 Å². The summed E-state index contributed by atoms with van der Waals surface area (Å²) in [5.41, 5.74) is 0. The van der Waals surface area contributed by atoms with Gasteiger partial charge in [0.2, 0.25) is 0 Å². The van der Waals surface area contributed by atoms with Gasteiger partial charge in [0.05, 0.1) is 0 Å². The molecule has 1 atom stereocenters. The van der Waals surface area contributed by atoms with Crippen molar-refractivity contribution in [2.75, 3.05) is 13.2 Å². The maximum atomic E-state index is 12.7. The average Bonchev–Trinajstić information content (AvgIpc) is 3.26. The van der Waals surface area contributed by atoms with Crippen LogP contribution in [0.2, 0.25) is 0 Å². The Hall–Kier alpha value is -4.45. The molecule has 61 heavy (non-hydrogen) atoms. The predicted molar refractivity (Wildman–Crippen MR) is 260 cm³/mol. The lowest BCUT2D eigenvalue weighted by atomic mass is 10.1. The molecule has 0 saturated carbocycles. The molecule has 0 aromatic carbocycles. The molecule has 0 fully saturated rings. The van der Waals surface area contributed by atoms with E-state index in [0.717, 1.165) is 122 Å². The molecule has 0 radical (unpaired) electrons. The van der Waals surface area contributed by atoms with Crippen LogP contribution in [-0.2, 0) is 28.6 Å². The molecule has 0 N–H and O–H groups in total. The molecule has 0 rings (SSSR count). The highest BCUT2D eigenvalue weighted by molar-refractivity contribution is 5.71. The molecule has 0 heterocycles. The Morgan fingerprint density at radius 3 is 1.21 bits per heavy atom. The normalized spacial score (nSPS) is 13.3. The average molecular weight is 841 g/mol. The zero-order valence-corrected chi connectivity index (χ0v) is 38.6. The second-order valence-electron chi connectivity index (χ2n) is 15.1. The van der Waals surface area contributed by atoms with Crippen LogP contribution in [-0.4, -0.2) is 37.2 Å². The quantitative estimate of drug-likeness (QED) is 0.0201. The molecule has 0 aromatic rings. The van der Waals surface area contributed by atoms with Crippen LogP contribution in [0.1, 0.15) is 175 Å². The second-order valence-corrected chi connectivity index (χ2v) is 15.1. The van der Waals surface area contributed by atoms with Gasteiger partial charge in [0, 0.05) is 19.3 Å². The van der Waals surface area contributed by atoms with Crippen LogP contribution in [0.5, 0.6) is 0 Å². The van der Waals surface area contributed by atoms with Crippen LogP contribution in [0.3, 0.4) is 0 Å². The number of carbonyl (C=O) groups excluding carboxylic acids is 3. The zero-order valence-electron chi connectivity index (χ0n) is 38.6. The summed E-state index contributed by atoms with van der Waals surface area (Å²) in [6, 6.07) is 0. The van der Waals surface area contributed by atoms with E-state index in [2.05, 4.69) is 81.5 Å². The first-order valence-corrected chi connectivity index (χ1v) is 23.8. The van der Waals surface area contributed by atoms with E-state index < -0.39 is 6.10 Å². The summed E-state index contributed by atoms with van der Waals surface area (Å²) >= 11 is 0. The molecule has 340 valence electrons. The minimum Gasteiger partial charge on any atom is -0.462 e. The molecule has 6 heteroatoms. The van der Waals surface area contributed by atoms with Crippen LogP contribution in [0.4, 0.5) is 0 Å². The molecular weight excluding hydrogens is 757 g/mol. The van der Waals surface area contributed by atoms with Crippen molar-refractivity contribution in [2.24, 2.45) is 0 Å². The van der Waals surface area contributed by atoms with Crippen molar-refractivity contribution in [1.29, 1.82) is 0 Å². The first kappa shape index (κ1) is 56.5. The van der Waals surface area contributed by atoms with Crippen molar-refractivity contribution in [3.05, 3.63) is 134 Å². The second kappa shape index (κ2) is 48.2. The number of unbranched alkanes of at least 4 members (excludes halogenated alkanes) is 13. The summed E-state index contributed by atoms with van der Waals surface area (Å²) in [4.78, 5) is 37.8. The van der Waals surface area contributed by atoms with Crippen LogP contribution in [0, 0.1) is 0 Å². The van der Waals surface area contributed by atoms with Gasteiger partial charge >= 0.3 is 17.9 Å². The Morgan fingerprint density at radius 2 is 0.721 bits per heavy atom. The Labute approximate surface area is 373 Å². The van der Waals surface area contributed by atoms with Gasteiger partial charge in [-0.2, -0.15) is 0 Å². The Morgan fingerprint density at radius 1 is 0.361 bits per heavy atom. The molecule has 0 aromatic heterocycles. The summed E-state index contributed by atoms with van der Waals surface area (Å²) in [5.74, 6) is -1.01. The minimum atomic E-state index is -0.817. The van der Waals surface area contributed by atoms with Gasteiger partial charge in [0.25, 0.3) is 0 Å². The number of rotatable bonds is 40. The van der Waals surface area contributed by atoms with E-state index in [1.165, 1.54) is 12.8 Å². The molecule has 0 bridgehead atoms. The van der Waals surface area contributed by atoms with Gasteiger partial charge in [-0.1, -0.05) is 199 Å². The zero-order chi connectivity index (χ0) is 44.4. The smallest absolute Gasteiger partial charge is 0.306 e. The summed E-state index contributed by atoms with van der Waals surface area (Å²) in [6.07, 6.45) is 67.1. The third kappa shape index (κ3) is 46.5.